The van der Waals surface area contributed by atoms with E-state index in [9.17, 15) is 75.9 Å². The number of Topliss-reactive ketones (excluding diaryl/α,β-unsaturated/α-hetero) is 1. The van der Waals surface area contributed by atoms with Crippen LogP contribution in [0.4, 0.5) is 0 Å². The summed E-state index contributed by atoms with van der Waals surface area (Å²) in [6.07, 6.45) is 5.04. The average Bonchev–Trinajstić information content (AvgIpc) is 3.35. The van der Waals surface area contributed by atoms with Gasteiger partial charge in [0, 0.05) is 13.5 Å². The number of ether oxygens (including phenoxy) is 1. The lowest BCUT2D eigenvalue weighted by molar-refractivity contribution is -0.156. The minimum atomic E-state index is -5.10. The lowest BCUT2D eigenvalue weighted by atomic mass is 10.0. The van der Waals surface area contributed by atoms with Gasteiger partial charge in [-0.3, -0.25) is 57.3 Å². The monoisotopic (exact) mass is 1130 g/mol. The van der Waals surface area contributed by atoms with E-state index in [0.717, 1.165) is 57.1 Å². The first-order valence-corrected chi connectivity index (χ1v) is 27.9. The number of hydrogen-bond donors (Lipinski definition) is 13. The van der Waals surface area contributed by atoms with Crippen LogP contribution in [0.15, 0.2) is 11.8 Å². The number of ketones is 1. The molecule has 0 aliphatic carbocycles. The molecule has 8 atom stereocenters. The number of rotatable bonds is 25. The Morgan fingerprint density at radius 2 is 1.31 bits per heavy atom. The van der Waals surface area contributed by atoms with Crippen LogP contribution in [0.1, 0.15) is 125 Å². The zero-order valence-electron chi connectivity index (χ0n) is 45.9. The number of carbonyl (C=O) groups excluding carboxylic acids is 11. The van der Waals surface area contributed by atoms with Crippen molar-refractivity contribution in [2.45, 2.75) is 173 Å². The Morgan fingerprint density at radius 1 is 0.744 bits per heavy atom. The van der Waals surface area contributed by atoms with Gasteiger partial charge in [0.25, 0.3) is 16.0 Å². The molecule has 1 aliphatic heterocycles. The molecule has 78 heavy (non-hydrogen) atoms. The summed E-state index contributed by atoms with van der Waals surface area (Å²) < 4.78 is 39.6. The molecule has 0 aromatic rings. The van der Waals surface area contributed by atoms with E-state index < -0.39 is 167 Å². The molecule has 0 spiro atoms. The molecule has 0 aromatic carbocycles. The first kappa shape index (κ1) is 69.9. The first-order chi connectivity index (χ1) is 36.6. The summed E-state index contributed by atoms with van der Waals surface area (Å²) in [5.41, 5.74) is 11.0. The van der Waals surface area contributed by atoms with Crippen LogP contribution in [-0.2, 0) is 67.6 Å². The van der Waals surface area contributed by atoms with Gasteiger partial charge < -0.3 is 73.9 Å². The number of hydrogen-bond acceptors (Lipinski definition) is 18. The highest BCUT2D eigenvalue weighted by molar-refractivity contribution is 7.85. The summed E-state index contributed by atoms with van der Waals surface area (Å²) in [5.74, 6) is -13.6. The number of aliphatic hydroxyl groups is 2. The second-order valence-electron chi connectivity index (χ2n) is 19.9. The van der Waals surface area contributed by atoms with Gasteiger partial charge in [-0.05, 0) is 70.9 Å². The molecule has 1 rings (SSSR count). The zero-order valence-corrected chi connectivity index (χ0v) is 46.7. The lowest BCUT2D eigenvalue weighted by Gasteiger charge is -2.29. The predicted molar refractivity (Wildman–Crippen MR) is 282 cm³/mol. The number of nitrogens with zero attached hydrogens (tertiary/aromatic N) is 1. The highest BCUT2D eigenvalue weighted by atomic mass is 32.2. The Morgan fingerprint density at radius 3 is 1.85 bits per heavy atom. The second-order valence-corrected chi connectivity index (χ2v) is 21.4. The van der Waals surface area contributed by atoms with E-state index in [1.807, 2.05) is 0 Å². The molecule has 1 fully saturated rings. The summed E-state index contributed by atoms with van der Waals surface area (Å²) in [4.78, 5) is 150. The van der Waals surface area contributed by atoms with Gasteiger partial charge in [0.1, 0.15) is 72.2 Å². The van der Waals surface area contributed by atoms with Crippen LogP contribution in [0.25, 0.3) is 0 Å². The van der Waals surface area contributed by atoms with Crippen LogP contribution >= 0.6 is 0 Å². The summed E-state index contributed by atoms with van der Waals surface area (Å²) in [7, 11) is -3.96. The number of esters is 1. The van der Waals surface area contributed by atoms with Gasteiger partial charge in [0.15, 0.2) is 0 Å². The van der Waals surface area contributed by atoms with Crippen molar-refractivity contribution in [2.24, 2.45) is 23.3 Å². The van der Waals surface area contributed by atoms with Crippen molar-refractivity contribution >= 4 is 75.0 Å². The minimum absolute atomic E-state index is 0.00205. The van der Waals surface area contributed by atoms with Crippen LogP contribution in [-0.4, -0.2) is 187 Å². The number of carbonyl (C=O) groups is 11. The van der Waals surface area contributed by atoms with E-state index in [0.29, 0.717) is 25.2 Å². The average molecular weight is 1130 g/mol. The Balaban J connectivity index is 3.76. The van der Waals surface area contributed by atoms with Crippen molar-refractivity contribution in [3.05, 3.63) is 11.8 Å². The highest BCUT2D eigenvalue weighted by Crippen LogP contribution is 2.14. The number of cyclic esters (lactones) is 1. The molecule has 29 heteroatoms. The normalized spacial score (nSPS) is 23.2. The van der Waals surface area contributed by atoms with Crippen molar-refractivity contribution in [1.82, 2.24) is 47.4 Å². The summed E-state index contributed by atoms with van der Waals surface area (Å²) >= 11 is 0. The number of amides is 9. The molecule has 15 N–H and O–H groups in total. The zero-order chi connectivity index (χ0) is 59.3. The maximum Gasteiger partial charge on any atom is 0.325 e. The third-order valence-electron chi connectivity index (χ3n) is 12.3. The topological polar surface area (TPSA) is 443 Å². The lowest BCUT2D eigenvalue weighted by Crippen LogP contribution is -2.62. The van der Waals surface area contributed by atoms with Crippen molar-refractivity contribution in [3.8, 4) is 0 Å². The fourth-order valence-electron chi connectivity index (χ4n) is 7.86. The largest absolute Gasteiger partial charge is 0.459 e. The van der Waals surface area contributed by atoms with Crippen LogP contribution in [0.2, 0.25) is 0 Å². The fourth-order valence-corrected chi connectivity index (χ4v) is 8.52. The van der Waals surface area contributed by atoms with Crippen molar-refractivity contribution in [2.75, 3.05) is 45.6 Å². The number of unbranched alkanes of at least 4 members (excludes halogenated alkanes) is 6. The van der Waals surface area contributed by atoms with Gasteiger partial charge in [0.05, 0.1) is 19.6 Å². The predicted octanol–water partition coefficient (Wildman–Crippen LogP) is -3.45. The van der Waals surface area contributed by atoms with E-state index in [2.05, 4.69) is 56.4 Å². The fraction of sp³-hybridized carbons (Fsp3) is 0.735. The quantitative estimate of drug-likeness (QED) is 0.0139. The Bertz CT molecular complexity index is 2200. The Hall–Kier alpha value is -6.14. The molecule has 9 amide bonds. The molecular weight excluding hydrogens is 1050 g/mol. The standard InChI is InChI=1S/C49H85N11O17S/c1-8-32-42(66)58-40(29(4)5)47(71)56-36(26-62)45(69)55-34(19-15-16-21-50)49(73)60(7)24-39(65)77-30(6)41(48(72)57-35(25-61)44(68)54-33(20-22-51)43(67)53-32)59-46(70)37(27-78(74,75)76)52-38(64)23-31(63)18-14-12-10-9-11-13-17-28(2)3/h8,28-30,33-37,40-41,61-62H,9-27,50-51H2,1-7H3,(H,52,64)(H,53,67)(H,54,68)(H,55,69)(H,56,71)(H,57,72)(H,58,66)(H,59,70)(H,74,75,76). The third kappa shape index (κ3) is 26.5. The maximum atomic E-state index is 14.2. The van der Waals surface area contributed by atoms with E-state index in [1.54, 1.807) is 13.8 Å². The molecule has 0 bridgehead atoms. The molecule has 0 saturated carbocycles. The smallest absolute Gasteiger partial charge is 0.325 e. The minimum Gasteiger partial charge on any atom is -0.459 e. The molecular formula is C49H85N11O17S. The molecule has 444 valence electrons. The second kappa shape index (κ2) is 36.1. The van der Waals surface area contributed by atoms with Gasteiger partial charge in [0.2, 0.25) is 47.3 Å². The molecule has 0 radical (unpaired) electrons. The number of nitrogens with two attached hydrogens (primary N) is 2. The van der Waals surface area contributed by atoms with Crippen molar-refractivity contribution in [3.63, 3.8) is 0 Å². The number of allylic oxidation sites excluding steroid dienone is 1. The third-order valence-corrected chi connectivity index (χ3v) is 13.0. The summed E-state index contributed by atoms with van der Waals surface area (Å²) in [5, 5.41) is 38.8. The summed E-state index contributed by atoms with van der Waals surface area (Å²) in [6.45, 7) is 6.63. The molecule has 1 aliphatic rings. The maximum absolute atomic E-state index is 14.2. The van der Waals surface area contributed by atoms with Gasteiger partial charge in [-0.15, -0.1) is 0 Å². The van der Waals surface area contributed by atoms with Crippen molar-refractivity contribution < 1.29 is 80.7 Å². The van der Waals surface area contributed by atoms with Gasteiger partial charge in [-0.1, -0.05) is 72.3 Å². The molecule has 28 nitrogen and oxygen atoms in total. The number of likely N-dealkylation sites (N-methyl/N-ethyl adjacent to an activating group) is 1. The van der Waals surface area contributed by atoms with E-state index >= 15 is 0 Å². The van der Waals surface area contributed by atoms with Gasteiger partial charge in [-0.25, -0.2) is 0 Å². The van der Waals surface area contributed by atoms with Crippen LogP contribution in [0.5, 0.6) is 0 Å². The molecule has 8 unspecified atom stereocenters. The number of nitrogens with one attached hydrogen (secondary N) is 8. The molecule has 1 saturated heterocycles. The summed E-state index contributed by atoms with van der Waals surface area (Å²) in [6, 6.07) is -12.4. The first-order valence-electron chi connectivity index (χ1n) is 26.3. The van der Waals surface area contributed by atoms with Crippen LogP contribution < -0.4 is 54.0 Å². The highest BCUT2D eigenvalue weighted by Gasteiger charge is 2.38. The molecule has 0 aromatic heterocycles. The van der Waals surface area contributed by atoms with Gasteiger partial charge in [-0.2, -0.15) is 8.42 Å². The van der Waals surface area contributed by atoms with Gasteiger partial charge >= 0.3 is 5.97 Å². The number of aliphatic hydroxyl groups excluding tert-OH is 2. The van der Waals surface area contributed by atoms with E-state index in [-0.39, 0.29) is 38.8 Å². The Labute approximate surface area is 456 Å². The van der Waals surface area contributed by atoms with Crippen LogP contribution in [0, 0.1) is 11.8 Å². The van der Waals surface area contributed by atoms with Crippen molar-refractivity contribution in [1.29, 1.82) is 0 Å². The molecule has 1 heterocycles. The Kier molecular flexibility index (Phi) is 32.3. The SMILES string of the molecule is CC=C1NC(=O)C(CCN)NC(=O)C(CO)NC(=O)C(NC(=O)C(CS(=O)(=O)O)NC(=O)CC(=O)CCCCCCCCC(C)C)C(C)OC(=O)CN(C)C(=O)C(CCCCN)NC(=O)C(CO)NC(=O)C(C(C)C)NC1=O. The van der Waals surface area contributed by atoms with E-state index in [4.69, 9.17) is 16.2 Å². The van der Waals surface area contributed by atoms with Crippen LogP contribution in [0.3, 0.4) is 0 Å². The van der Waals surface area contributed by atoms with E-state index in [1.165, 1.54) is 6.92 Å².